The third-order valence-corrected chi connectivity index (χ3v) is 3.88. The number of anilines is 1. The van der Waals surface area contributed by atoms with E-state index in [1.54, 1.807) is 36.2 Å². The Bertz CT molecular complexity index is 847. The molecule has 0 N–H and O–H groups in total. The Morgan fingerprint density at radius 1 is 1.29 bits per heavy atom. The molecule has 2 aromatic carbocycles. The number of carbonyl (C=O) groups is 2. The number of hydrogen-bond acceptors (Lipinski definition) is 5. The predicted molar refractivity (Wildman–Crippen MR) is 86.5 cm³/mol. The Morgan fingerprint density at radius 2 is 2.08 bits per heavy atom. The lowest BCUT2D eigenvalue weighted by Crippen LogP contribution is -2.20. The minimum Gasteiger partial charge on any atom is -0.485 e. The van der Waals surface area contributed by atoms with Gasteiger partial charge in [0.25, 0.3) is 5.69 Å². The van der Waals surface area contributed by atoms with E-state index in [2.05, 4.69) is 0 Å². The number of carbonyl (C=O) groups excluding carboxylic acids is 2. The molecule has 0 saturated heterocycles. The highest BCUT2D eigenvalue weighted by atomic mass is 16.6. The zero-order valence-electron chi connectivity index (χ0n) is 12.9. The quantitative estimate of drug-likeness (QED) is 0.478. The van der Waals surface area contributed by atoms with Crippen molar-refractivity contribution in [3.63, 3.8) is 0 Å². The summed E-state index contributed by atoms with van der Waals surface area (Å²) in [5.74, 6) is -0.0117. The number of likely N-dealkylation sites (N-methyl/N-ethyl adjacent to an activating group) is 1. The van der Waals surface area contributed by atoms with E-state index in [0.717, 1.165) is 11.3 Å². The maximum Gasteiger partial charge on any atom is 0.273 e. The maximum absolute atomic E-state index is 12.2. The molecule has 0 saturated carbocycles. The first-order valence-corrected chi connectivity index (χ1v) is 7.25. The van der Waals surface area contributed by atoms with Gasteiger partial charge in [-0.2, -0.15) is 0 Å². The predicted octanol–water partition coefficient (Wildman–Crippen LogP) is 2.38. The number of hydrogen-bond donors (Lipinski definition) is 0. The molecule has 0 fully saturated rings. The number of nitrogens with zero attached hydrogens (tertiary/aromatic N) is 2. The van der Waals surface area contributed by atoms with Crippen LogP contribution in [-0.2, 0) is 11.2 Å². The highest BCUT2D eigenvalue weighted by Gasteiger charge is 2.24. The van der Waals surface area contributed by atoms with Gasteiger partial charge in [-0.3, -0.25) is 19.7 Å². The molecule has 0 radical (unpaired) electrons. The van der Waals surface area contributed by atoms with Crippen LogP contribution in [0.1, 0.15) is 15.9 Å². The number of ketones is 1. The molecule has 1 aliphatic rings. The fourth-order valence-electron chi connectivity index (χ4n) is 2.56. The number of nitro benzene ring substituents is 1. The number of benzene rings is 2. The van der Waals surface area contributed by atoms with Crippen LogP contribution in [0.15, 0.2) is 42.5 Å². The van der Waals surface area contributed by atoms with E-state index in [-0.39, 0.29) is 36.2 Å². The molecule has 1 aliphatic heterocycles. The van der Waals surface area contributed by atoms with Gasteiger partial charge in [-0.25, -0.2) is 0 Å². The number of fused-ring (bicyclic) bond motifs is 1. The minimum atomic E-state index is -0.525. The summed E-state index contributed by atoms with van der Waals surface area (Å²) < 4.78 is 5.34. The van der Waals surface area contributed by atoms with Crippen LogP contribution >= 0.6 is 0 Å². The summed E-state index contributed by atoms with van der Waals surface area (Å²) in [6.07, 6.45) is 0.276. The molecule has 0 bridgehead atoms. The van der Waals surface area contributed by atoms with Crippen molar-refractivity contribution in [2.24, 2.45) is 0 Å². The molecule has 0 atom stereocenters. The van der Waals surface area contributed by atoms with Crippen molar-refractivity contribution >= 4 is 23.1 Å². The molecule has 122 valence electrons. The Morgan fingerprint density at radius 3 is 2.83 bits per heavy atom. The van der Waals surface area contributed by atoms with E-state index >= 15 is 0 Å². The lowest BCUT2D eigenvalue weighted by molar-refractivity contribution is -0.384. The van der Waals surface area contributed by atoms with E-state index in [1.165, 1.54) is 18.2 Å². The zero-order valence-corrected chi connectivity index (χ0v) is 12.9. The second kappa shape index (κ2) is 6.11. The highest BCUT2D eigenvalue weighted by Crippen LogP contribution is 2.28. The van der Waals surface area contributed by atoms with E-state index in [1.807, 2.05) is 0 Å². The lowest BCUT2D eigenvalue weighted by Gasteiger charge is -2.10. The number of amides is 1. The smallest absolute Gasteiger partial charge is 0.273 e. The van der Waals surface area contributed by atoms with Crippen molar-refractivity contribution < 1.29 is 19.2 Å². The molecule has 0 aromatic heterocycles. The van der Waals surface area contributed by atoms with Crippen molar-refractivity contribution in [3.05, 3.63) is 63.7 Å². The number of ether oxygens (including phenoxy) is 1. The van der Waals surface area contributed by atoms with E-state index < -0.39 is 4.92 Å². The standard InChI is InChI=1S/C17H14N2O5/c1-18-15-6-5-11(7-12(15)8-17(18)21)16(20)10-24-14-4-2-3-13(9-14)19(22)23/h2-7,9H,8,10H2,1H3. The van der Waals surface area contributed by atoms with Crippen LogP contribution in [0.25, 0.3) is 0 Å². The van der Waals surface area contributed by atoms with Crippen LogP contribution in [0.4, 0.5) is 11.4 Å². The van der Waals surface area contributed by atoms with Gasteiger partial charge in [0.1, 0.15) is 5.75 Å². The molecule has 2 aromatic rings. The van der Waals surface area contributed by atoms with Crippen LogP contribution in [0.2, 0.25) is 0 Å². The van der Waals surface area contributed by atoms with Crippen LogP contribution < -0.4 is 9.64 Å². The molecular formula is C17H14N2O5. The van der Waals surface area contributed by atoms with E-state index in [4.69, 9.17) is 4.74 Å². The molecule has 0 unspecified atom stereocenters. The maximum atomic E-state index is 12.2. The number of Topliss-reactive ketones (excluding diaryl/α,β-unsaturated/α-hetero) is 1. The van der Waals surface area contributed by atoms with Gasteiger partial charge in [-0.05, 0) is 29.8 Å². The summed E-state index contributed by atoms with van der Waals surface area (Å²) in [5.41, 5.74) is 1.96. The lowest BCUT2D eigenvalue weighted by atomic mass is 10.1. The van der Waals surface area contributed by atoms with Gasteiger partial charge in [0.15, 0.2) is 12.4 Å². The van der Waals surface area contributed by atoms with Crippen LogP contribution in [0.5, 0.6) is 5.75 Å². The summed E-state index contributed by atoms with van der Waals surface area (Å²) in [4.78, 5) is 35.7. The number of nitro groups is 1. The van der Waals surface area contributed by atoms with Gasteiger partial charge in [0.05, 0.1) is 17.4 Å². The van der Waals surface area contributed by atoms with Crippen LogP contribution in [0.3, 0.4) is 0 Å². The Kier molecular flexibility index (Phi) is 3.99. The third-order valence-electron chi connectivity index (χ3n) is 3.88. The van der Waals surface area contributed by atoms with E-state index in [0.29, 0.717) is 5.56 Å². The van der Waals surface area contributed by atoms with Crippen LogP contribution in [0, 0.1) is 10.1 Å². The van der Waals surface area contributed by atoms with Crippen LogP contribution in [-0.4, -0.2) is 30.3 Å². The molecule has 1 amide bonds. The normalized spacial score (nSPS) is 12.9. The molecule has 24 heavy (non-hydrogen) atoms. The third kappa shape index (κ3) is 2.96. The monoisotopic (exact) mass is 326 g/mol. The summed E-state index contributed by atoms with van der Waals surface area (Å²) >= 11 is 0. The van der Waals surface area contributed by atoms with Gasteiger partial charge in [0.2, 0.25) is 5.91 Å². The second-order valence-corrected chi connectivity index (χ2v) is 5.44. The summed E-state index contributed by atoms with van der Waals surface area (Å²) in [5, 5.41) is 10.7. The van der Waals surface area contributed by atoms with Crippen molar-refractivity contribution in [2.75, 3.05) is 18.6 Å². The molecular weight excluding hydrogens is 312 g/mol. The first-order valence-electron chi connectivity index (χ1n) is 7.25. The van der Waals surface area contributed by atoms with Crippen molar-refractivity contribution in [1.82, 2.24) is 0 Å². The fourth-order valence-corrected chi connectivity index (χ4v) is 2.56. The highest BCUT2D eigenvalue weighted by molar-refractivity contribution is 6.03. The number of non-ortho nitro benzene ring substituents is 1. The second-order valence-electron chi connectivity index (χ2n) is 5.44. The Labute approximate surface area is 137 Å². The average molecular weight is 326 g/mol. The molecule has 1 heterocycles. The molecule has 7 heteroatoms. The Balaban J connectivity index is 1.70. The van der Waals surface area contributed by atoms with Crippen molar-refractivity contribution in [2.45, 2.75) is 6.42 Å². The van der Waals surface area contributed by atoms with Crippen molar-refractivity contribution in [1.29, 1.82) is 0 Å². The fraction of sp³-hybridized carbons (Fsp3) is 0.176. The first kappa shape index (κ1) is 15.7. The zero-order chi connectivity index (χ0) is 17.3. The van der Waals surface area contributed by atoms with Gasteiger partial charge in [0, 0.05) is 24.4 Å². The summed E-state index contributed by atoms with van der Waals surface area (Å²) in [6, 6.07) is 10.7. The van der Waals surface area contributed by atoms with Crippen molar-refractivity contribution in [3.8, 4) is 5.75 Å². The molecule has 0 spiro atoms. The van der Waals surface area contributed by atoms with Gasteiger partial charge >= 0.3 is 0 Å². The Hall–Kier alpha value is -3.22. The molecule has 3 rings (SSSR count). The summed E-state index contributed by atoms with van der Waals surface area (Å²) in [6.45, 7) is -0.232. The molecule has 7 nitrogen and oxygen atoms in total. The topological polar surface area (TPSA) is 89.8 Å². The average Bonchev–Trinajstić information content (AvgIpc) is 2.86. The van der Waals surface area contributed by atoms with Gasteiger partial charge in [-0.1, -0.05) is 6.07 Å². The van der Waals surface area contributed by atoms with Gasteiger partial charge < -0.3 is 9.64 Å². The number of rotatable bonds is 5. The summed E-state index contributed by atoms with van der Waals surface area (Å²) in [7, 11) is 1.70. The SMILES string of the molecule is CN1C(=O)Cc2cc(C(=O)COc3cccc([N+](=O)[O-])c3)ccc21. The van der Waals surface area contributed by atoms with Gasteiger partial charge in [-0.15, -0.1) is 0 Å². The minimum absolute atomic E-state index is 0.0116. The largest absolute Gasteiger partial charge is 0.485 e. The first-order chi connectivity index (χ1) is 11.5. The molecule has 0 aliphatic carbocycles. The van der Waals surface area contributed by atoms with E-state index in [9.17, 15) is 19.7 Å².